The van der Waals surface area contributed by atoms with Crippen molar-refractivity contribution in [3.05, 3.63) is 42.7 Å². The van der Waals surface area contributed by atoms with Crippen LogP contribution in [0.5, 0.6) is 5.75 Å². The molecule has 25 heavy (non-hydrogen) atoms. The van der Waals surface area contributed by atoms with Crippen molar-refractivity contribution in [3.63, 3.8) is 0 Å². The van der Waals surface area contributed by atoms with Crippen LogP contribution in [0, 0.1) is 0 Å². The fourth-order valence-corrected chi connectivity index (χ4v) is 2.57. The minimum atomic E-state index is -4.84. The molecule has 10 heteroatoms. The maximum Gasteiger partial charge on any atom is 1.00 e. The molecular weight excluding hydrogens is 355 g/mol. The molecule has 2 aromatic heterocycles. The Hall–Kier alpha value is -1.78. The number of rotatable bonds is 4. The van der Waals surface area contributed by atoms with Crippen molar-refractivity contribution in [2.24, 2.45) is 0 Å². The molecule has 0 aliphatic carbocycles. The van der Waals surface area contributed by atoms with Gasteiger partial charge in [0, 0.05) is 37.4 Å². The van der Waals surface area contributed by atoms with Gasteiger partial charge in [-0.05, 0) is 30.3 Å². The normalized spacial score (nSPS) is 11.0. The fraction of sp³-hybridized carbons (Fsp3) is 0.133. The molecule has 1 aromatic carbocycles. The Morgan fingerprint density at radius 1 is 1.16 bits per heavy atom. The van der Waals surface area contributed by atoms with Gasteiger partial charge < -0.3 is 13.6 Å². The van der Waals surface area contributed by atoms with Crippen LogP contribution in [0.2, 0.25) is 0 Å². The number of anilines is 1. The van der Waals surface area contributed by atoms with E-state index in [9.17, 15) is 13.0 Å². The SMILES string of the molecule is CN(C)c1nc(-c2cccnc2)nc2ccc(OS(=O)(=O)[O-])cc12.[Na+]. The van der Waals surface area contributed by atoms with E-state index in [4.69, 9.17) is 0 Å². The maximum absolute atomic E-state index is 10.8. The molecule has 0 aliphatic heterocycles. The van der Waals surface area contributed by atoms with Crippen molar-refractivity contribution in [3.8, 4) is 17.1 Å². The molecule has 8 nitrogen and oxygen atoms in total. The third-order valence-corrected chi connectivity index (χ3v) is 3.59. The fourth-order valence-electron chi connectivity index (χ4n) is 2.23. The molecule has 0 fully saturated rings. The van der Waals surface area contributed by atoms with Crippen LogP contribution in [0.1, 0.15) is 0 Å². The van der Waals surface area contributed by atoms with Crippen LogP contribution >= 0.6 is 0 Å². The molecule has 0 saturated carbocycles. The van der Waals surface area contributed by atoms with Crippen LogP contribution in [0.3, 0.4) is 0 Å². The number of hydrogen-bond acceptors (Lipinski definition) is 8. The van der Waals surface area contributed by atoms with Gasteiger partial charge in [0.1, 0.15) is 11.6 Å². The van der Waals surface area contributed by atoms with E-state index in [-0.39, 0.29) is 35.3 Å². The van der Waals surface area contributed by atoms with E-state index in [2.05, 4.69) is 19.1 Å². The van der Waals surface area contributed by atoms with E-state index in [1.165, 1.54) is 12.1 Å². The Balaban J connectivity index is 0.00000225. The molecule has 124 valence electrons. The van der Waals surface area contributed by atoms with Crippen molar-refractivity contribution in [1.82, 2.24) is 15.0 Å². The van der Waals surface area contributed by atoms with Gasteiger partial charge >= 0.3 is 29.6 Å². The van der Waals surface area contributed by atoms with Crippen molar-refractivity contribution < 1.29 is 46.7 Å². The molecule has 2 heterocycles. The first kappa shape index (κ1) is 19.5. The molecule has 0 aliphatic rings. The molecule has 0 bridgehead atoms. The predicted octanol–water partition coefficient (Wildman–Crippen LogP) is -1.40. The molecule has 0 saturated heterocycles. The smallest absolute Gasteiger partial charge is 0.716 e. The molecule has 0 N–H and O–H groups in total. The topological polar surface area (TPSA) is 108 Å². The molecular formula is C15H13N4NaO4S. The Bertz CT molecular complexity index is 997. The summed E-state index contributed by atoms with van der Waals surface area (Å²) in [6.07, 6.45) is 3.31. The third-order valence-electron chi connectivity index (χ3n) is 3.19. The first-order valence-corrected chi connectivity index (χ1v) is 8.22. The van der Waals surface area contributed by atoms with Gasteiger partial charge in [-0.1, -0.05) is 0 Å². The van der Waals surface area contributed by atoms with Crippen LogP contribution in [0.15, 0.2) is 42.7 Å². The zero-order valence-electron chi connectivity index (χ0n) is 13.9. The van der Waals surface area contributed by atoms with Crippen LogP contribution < -0.4 is 38.6 Å². The Morgan fingerprint density at radius 3 is 2.52 bits per heavy atom. The summed E-state index contributed by atoms with van der Waals surface area (Å²) < 4.78 is 36.7. The van der Waals surface area contributed by atoms with E-state index in [1.807, 2.05) is 6.07 Å². The first-order valence-electron chi connectivity index (χ1n) is 6.88. The monoisotopic (exact) mass is 368 g/mol. The number of nitrogens with zero attached hydrogens (tertiary/aromatic N) is 4. The average Bonchev–Trinajstić information content (AvgIpc) is 2.53. The summed E-state index contributed by atoms with van der Waals surface area (Å²) >= 11 is 0. The second kappa shape index (κ2) is 7.63. The number of benzene rings is 1. The second-order valence-corrected chi connectivity index (χ2v) is 6.16. The summed E-state index contributed by atoms with van der Waals surface area (Å²) in [5.74, 6) is 0.968. The van der Waals surface area contributed by atoms with Crippen molar-refractivity contribution in [2.45, 2.75) is 0 Å². The first-order chi connectivity index (χ1) is 11.3. The molecule has 0 atom stereocenters. The van der Waals surface area contributed by atoms with Crippen molar-refractivity contribution >= 4 is 27.1 Å². The molecule has 3 aromatic rings. The van der Waals surface area contributed by atoms with Gasteiger partial charge in [-0.25, -0.2) is 18.4 Å². The number of fused-ring (bicyclic) bond motifs is 1. The summed E-state index contributed by atoms with van der Waals surface area (Å²) in [6, 6.07) is 8.00. The number of pyridine rings is 1. The van der Waals surface area contributed by atoms with Crippen LogP contribution in [0.4, 0.5) is 5.82 Å². The summed E-state index contributed by atoms with van der Waals surface area (Å²) in [5, 5.41) is 0.564. The van der Waals surface area contributed by atoms with E-state index < -0.39 is 10.4 Å². The minimum absolute atomic E-state index is 0. The zero-order valence-corrected chi connectivity index (χ0v) is 16.7. The quantitative estimate of drug-likeness (QED) is 0.314. The summed E-state index contributed by atoms with van der Waals surface area (Å²) in [7, 11) is -1.25. The van der Waals surface area contributed by atoms with Gasteiger partial charge in [0.15, 0.2) is 5.82 Å². The van der Waals surface area contributed by atoms with Crippen molar-refractivity contribution in [1.29, 1.82) is 0 Å². The summed E-state index contributed by atoms with van der Waals surface area (Å²) in [5.41, 5.74) is 1.34. The van der Waals surface area contributed by atoms with Crippen LogP contribution in [-0.4, -0.2) is 42.0 Å². The van der Waals surface area contributed by atoms with Gasteiger partial charge in [-0.2, -0.15) is 0 Å². The van der Waals surface area contributed by atoms with Gasteiger partial charge in [-0.15, -0.1) is 0 Å². The molecule has 0 spiro atoms. The Labute approximate surface area is 167 Å². The Morgan fingerprint density at radius 2 is 1.92 bits per heavy atom. The van der Waals surface area contributed by atoms with Gasteiger partial charge in [0.2, 0.25) is 0 Å². The van der Waals surface area contributed by atoms with E-state index in [0.717, 1.165) is 5.56 Å². The van der Waals surface area contributed by atoms with Crippen molar-refractivity contribution in [2.75, 3.05) is 19.0 Å². The van der Waals surface area contributed by atoms with Crippen LogP contribution in [0.25, 0.3) is 22.3 Å². The Kier molecular flexibility index (Phi) is 5.96. The van der Waals surface area contributed by atoms with E-state index in [0.29, 0.717) is 22.5 Å². The van der Waals surface area contributed by atoms with E-state index >= 15 is 0 Å². The molecule has 0 amide bonds. The standard InChI is InChI=1S/C15H14N4O4S.Na/c1-19(2)15-12-8-11(23-24(20,21)22)5-6-13(12)17-14(18-15)10-4-3-7-16-9-10;/h3-9H,1-2H3,(H,20,21,22);/q;+1/p-1. The minimum Gasteiger partial charge on any atom is -0.716 e. The molecule has 0 radical (unpaired) electrons. The third kappa shape index (κ3) is 4.65. The molecule has 0 unspecified atom stereocenters. The summed E-state index contributed by atoms with van der Waals surface area (Å²) in [4.78, 5) is 14.8. The van der Waals surface area contributed by atoms with Gasteiger partial charge in [-0.3, -0.25) is 4.98 Å². The largest absolute Gasteiger partial charge is 1.00 e. The number of hydrogen-bond donors (Lipinski definition) is 0. The van der Waals surface area contributed by atoms with Crippen LogP contribution in [-0.2, 0) is 10.4 Å². The molecule has 3 rings (SSSR count). The van der Waals surface area contributed by atoms with Gasteiger partial charge in [0.25, 0.3) is 10.4 Å². The van der Waals surface area contributed by atoms with Gasteiger partial charge in [0.05, 0.1) is 5.52 Å². The number of aromatic nitrogens is 3. The maximum atomic E-state index is 10.8. The predicted molar refractivity (Wildman–Crippen MR) is 87.4 cm³/mol. The zero-order chi connectivity index (χ0) is 17.3. The second-order valence-electron chi connectivity index (χ2n) is 5.18. The average molecular weight is 368 g/mol. The van der Waals surface area contributed by atoms with E-state index in [1.54, 1.807) is 43.5 Å². The summed E-state index contributed by atoms with van der Waals surface area (Å²) in [6.45, 7) is 0.